The van der Waals surface area contributed by atoms with Crippen LogP contribution in [0.3, 0.4) is 0 Å². The predicted molar refractivity (Wildman–Crippen MR) is 81.3 cm³/mol. The molecule has 1 unspecified atom stereocenters. The lowest BCUT2D eigenvalue weighted by atomic mass is 10.2. The van der Waals surface area contributed by atoms with Gasteiger partial charge in [0.25, 0.3) is 5.91 Å². The quantitative estimate of drug-likeness (QED) is 0.795. The Morgan fingerprint density at radius 1 is 1.17 bits per heavy atom. The molecule has 2 fully saturated rings. The van der Waals surface area contributed by atoms with E-state index < -0.39 is 23.8 Å². The number of carbonyl (C=O) groups excluding carboxylic acids is 3. The van der Waals surface area contributed by atoms with E-state index in [-0.39, 0.29) is 12.5 Å². The van der Waals surface area contributed by atoms with Crippen LogP contribution in [-0.4, -0.2) is 53.3 Å². The zero-order valence-electron chi connectivity index (χ0n) is 12.9. The SMILES string of the molecule is CC1C(=O)N(CC(=O)N2CCCC2)C(=O)N1c1ccc(F)cc1. The molecule has 1 aromatic carbocycles. The Morgan fingerprint density at radius 3 is 2.39 bits per heavy atom. The molecule has 2 aliphatic rings. The lowest BCUT2D eigenvalue weighted by molar-refractivity contribution is -0.136. The number of nitrogens with zero attached hydrogens (tertiary/aromatic N) is 3. The van der Waals surface area contributed by atoms with Gasteiger partial charge in [-0.2, -0.15) is 0 Å². The molecule has 4 amide bonds. The minimum absolute atomic E-state index is 0.211. The third-order valence-electron chi connectivity index (χ3n) is 4.30. The van der Waals surface area contributed by atoms with Crippen LogP contribution in [0.4, 0.5) is 14.9 Å². The van der Waals surface area contributed by atoms with Gasteiger partial charge in [-0.1, -0.05) is 0 Å². The lowest BCUT2D eigenvalue weighted by Crippen LogP contribution is -2.42. The van der Waals surface area contributed by atoms with Gasteiger partial charge in [0.15, 0.2) is 0 Å². The molecule has 0 spiro atoms. The Kier molecular flexibility index (Phi) is 4.02. The summed E-state index contributed by atoms with van der Waals surface area (Å²) in [7, 11) is 0. The topological polar surface area (TPSA) is 60.9 Å². The summed E-state index contributed by atoms with van der Waals surface area (Å²) in [5.41, 5.74) is 0.438. The van der Waals surface area contributed by atoms with Crippen molar-refractivity contribution in [1.29, 1.82) is 0 Å². The maximum absolute atomic E-state index is 13.0. The summed E-state index contributed by atoms with van der Waals surface area (Å²) in [4.78, 5) is 41.0. The third kappa shape index (κ3) is 2.78. The fraction of sp³-hybridized carbons (Fsp3) is 0.438. The zero-order valence-corrected chi connectivity index (χ0v) is 12.9. The Labute approximate surface area is 133 Å². The molecule has 0 N–H and O–H groups in total. The van der Waals surface area contributed by atoms with Crippen molar-refractivity contribution in [1.82, 2.24) is 9.80 Å². The molecule has 1 aromatic rings. The summed E-state index contributed by atoms with van der Waals surface area (Å²) in [6.45, 7) is 2.71. The standard InChI is InChI=1S/C16H18FN3O3/c1-11-15(22)19(10-14(21)18-8-2-3-9-18)16(23)20(11)13-6-4-12(17)5-7-13/h4-7,11H,2-3,8-10H2,1H3. The Hall–Kier alpha value is -2.44. The predicted octanol–water partition coefficient (Wildman–Crippen LogP) is 1.61. The van der Waals surface area contributed by atoms with Crippen LogP contribution in [-0.2, 0) is 9.59 Å². The van der Waals surface area contributed by atoms with Crippen molar-refractivity contribution in [2.75, 3.05) is 24.5 Å². The summed E-state index contributed by atoms with van der Waals surface area (Å²) in [6, 6.07) is 4.11. The van der Waals surface area contributed by atoms with Crippen molar-refractivity contribution in [3.8, 4) is 0 Å². The molecule has 2 heterocycles. The first-order chi connectivity index (χ1) is 11.0. The molecule has 2 aliphatic heterocycles. The van der Waals surface area contributed by atoms with Gasteiger partial charge in [0.2, 0.25) is 5.91 Å². The van der Waals surface area contributed by atoms with Crippen LogP contribution < -0.4 is 4.90 Å². The van der Waals surface area contributed by atoms with E-state index in [9.17, 15) is 18.8 Å². The summed E-state index contributed by atoms with van der Waals surface area (Å²) >= 11 is 0. The normalized spacial score (nSPS) is 21.5. The zero-order chi connectivity index (χ0) is 16.6. The molecule has 122 valence electrons. The fourth-order valence-corrected chi connectivity index (χ4v) is 3.01. The van der Waals surface area contributed by atoms with Gasteiger partial charge < -0.3 is 4.90 Å². The van der Waals surface area contributed by atoms with Crippen molar-refractivity contribution < 1.29 is 18.8 Å². The molecule has 3 rings (SSSR count). The molecule has 0 aliphatic carbocycles. The summed E-state index contributed by atoms with van der Waals surface area (Å²) < 4.78 is 13.0. The molecule has 7 heteroatoms. The molecule has 2 saturated heterocycles. The van der Waals surface area contributed by atoms with E-state index >= 15 is 0 Å². The van der Waals surface area contributed by atoms with E-state index in [1.807, 2.05) is 0 Å². The van der Waals surface area contributed by atoms with Gasteiger partial charge in [0, 0.05) is 18.8 Å². The highest BCUT2D eigenvalue weighted by atomic mass is 19.1. The van der Waals surface area contributed by atoms with Crippen molar-refractivity contribution in [2.24, 2.45) is 0 Å². The molecular formula is C16H18FN3O3. The van der Waals surface area contributed by atoms with Gasteiger partial charge in [-0.15, -0.1) is 0 Å². The van der Waals surface area contributed by atoms with Gasteiger partial charge in [-0.25, -0.2) is 9.18 Å². The number of amides is 4. The maximum Gasteiger partial charge on any atom is 0.332 e. The van der Waals surface area contributed by atoms with Crippen LogP contribution in [0.15, 0.2) is 24.3 Å². The highest BCUT2D eigenvalue weighted by molar-refractivity contribution is 6.15. The van der Waals surface area contributed by atoms with Crippen LogP contribution in [0.2, 0.25) is 0 Å². The van der Waals surface area contributed by atoms with Crippen LogP contribution >= 0.6 is 0 Å². The van der Waals surface area contributed by atoms with Crippen LogP contribution in [0.25, 0.3) is 0 Å². The number of halogens is 1. The van der Waals surface area contributed by atoms with Gasteiger partial charge in [-0.05, 0) is 44.0 Å². The van der Waals surface area contributed by atoms with Crippen molar-refractivity contribution >= 4 is 23.5 Å². The van der Waals surface area contributed by atoms with Crippen molar-refractivity contribution in [3.63, 3.8) is 0 Å². The lowest BCUT2D eigenvalue weighted by Gasteiger charge is -2.21. The van der Waals surface area contributed by atoms with E-state index in [1.54, 1.807) is 11.8 Å². The number of urea groups is 1. The number of anilines is 1. The highest BCUT2D eigenvalue weighted by Gasteiger charge is 2.44. The molecular weight excluding hydrogens is 301 g/mol. The molecule has 0 bridgehead atoms. The van der Waals surface area contributed by atoms with Crippen molar-refractivity contribution in [2.45, 2.75) is 25.8 Å². The first kappa shape index (κ1) is 15.5. The van der Waals surface area contributed by atoms with Gasteiger partial charge >= 0.3 is 6.03 Å². The molecule has 0 aromatic heterocycles. The molecule has 6 nitrogen and oxygen atoms in total. The van der Waals surface area contributed by atoms with Crippen molar-refractivity contribution in [3.05, 3.63) is 30.1 Å². The maximum atomic E-state index is 13.0. The number of hydrogen-bond acceptors (Lipinski definition) is 3. The summed E-state index contributed by atoms with van der Waals surface area (Å²) in [6.07, 6.45) is 1.90. The number of likely N-dealkylation sites (tertiary alicyclic amines) is 1. The number of imide groups is 1. The highest BCUT2D eigenvalue weighted by Crippen LogP contribution is 2.26. The number of rotatable bonds is 3. The van der Waals surface area contributed by atoms with E-state index in [1.165, 1.54) is 29.2 Å². The van der Waals surface area contributed by atoms with Gasteiger partial charge in [-0.3, -0.25) is 19.4 Å². The van der Waals surface area contributed by atoms with E-state index in [2.05, 4.69) is 0 Å². The minimum Gasteiger partial charge on any atom is -0.341 e. The first-order valence-corrected chi connectivity index (χ1v) is 7.67. The Bertz CT molecular complexity index is 640. The molecule has 0 saturated carbocycles. The van der Waals surface area contributed by atoms with Gasteiger partial charge in [0.1, 0.15) is 18.4 Å². The molecule has 23 heavy (non-hydrogen) atoms. The number of carbonyl (C=O) groups is 3. The second-order valence-electron chi connectivity index (χ2n) is 5.82. The molecule has 0 radical (unpaired) electrons. The average molecular weight is 319 g/mol. The summed E-state index contributed by atoms with van der Waals surface area (Å²) in [5.74, 6) is -1.04. The van der Waals surface area contributed by atoms with Crippen LogP contribution in [0.1, 0.15) is 19.8 Å². The first-order valence-electron chi connectivity index (χ1n) is 7.67. The second-order valence-corrected chi connectivity index (χ2v) is 5.82. The van der Waals surface area contributed by atoms with E-state index in [0.717, 1.165) is 17.7 Å². The largest absolute Gasteiger partial charge is 0.341 e. The van der Waals surface area contributed by atoms with Crippen LogP contribution in [0.5, 0.6) is 0 Å². The molecule has 1 atom stereocenters. The van der Waals surface area contributed by atoms with Gasteiger partial charge in [0.05, 0.1) is 0 Å². The minimum atomic E-state index is -0.709. The fourth-order valence-electron chi connectivity index (χ4n) is 3.01. The Morgan fingerprint density at radius 2 is 1.78 bits per heavy atom. The van der Waals surface area contributed by atoms with E-state index in [0.29, 0.717) is 18.8 Å². The number of hydrogen-bond donors (Lipinski definition) is 0. The van der Waals surface area contributed by atoms with Crippen LogP contribution in [0, 0.1) is 5.82 Å². The summed E-state index contributed by atoms with van der Waals surface area (Å²) in [5, 5.41) is 0. The van der Waals surface area contributed by atoms with E-state index in [4.69, 9.17) is 0 Å². The third-order valence-corrected chi connectivity index (χ3v) is 4.30. The number of benzene rings is 1. The monoisotopic (exact) mass is 319 g/mol. The Balaban J connectivity index is 1.77. The second kappa shape index (κ2) is 5.98. The average Bonchev–Trinajstić information content (AvgIpc) is 3.13. The smallest absolute Gasteiger partial charge is 0.332 e.